The Morgan fingerprint density at radius 3 is 2.89 bits per heavy atom. The molecule has 1 aliphatic heterocycles. The molecule has 0 atom stereocenters. The van der Waals surface area contributed by atoms with Crippen molar-refractivity contribution in [3.05, 3.63) is 53.3 Å². The summed E-state index contributed by atoms with van der Waals surface area (Å²) in [5.41, 5.74) is 5.61. The molecular weight excluding hydrogens is 225 g/mol. The maximum atomic E-state index is 13.3. The van der Waals surface area contributed by atoms with E-state index in [4.69, 9.17) is 0 Å². The van der Waals surface area contributed by atoms with Gasteiger partial charge in [-0.05, 0) is 60.2 Å². The van der Waals surface area contributed by atoms with Crippen LogP contribution in [0.15, 0.2) is 36.4 Å². The largest absolute Gasteiger partial charge is 0.385 e. The van der Waals surface area contributed by atoms with E-state index in [1.54, 1.807) is 6.07 Å². The lowest BCUT2D eigenvalue weighted by Crippen LogP contribution is -2.12. The summed E-state index contributed by atoms with van der Waals surface area (Å²) in [4.78, 5) is 0. The second-order valence-electron chi connectivity index (χ2n) is 4.83. The van der Waals surface area contributed by atoms with E-state index < -0.39 is 0 Å². The van der Waals surface area contributed by atoms with E-state index in [0.717, 1.165) is 24.9 Å². The summed E-state index contributed by atoms with van der Waals surface area (Å²) in [6, 6.07) is 11.7. The molecule has 1 heterocycles. The third kappa shape index (κ3) is 1.88. The van der Waals surface area contributed by atoms with Gasteiger partial charge >= 0.3 is 0 Å². The normalized spacial score (nSPS) is 13.9. The second-order valence-corrected chi connectivity index (χ2v) is 4.83. The Morgan fingerprint density at radius 1 is 1.17 bits per heavy atom. The highest BCUT2D eigenvalue weighted by Gasteiger charge is 2.13. The lowest BCUT2D eigenvalue weighted by Gasteiger charge is -2.21. The van der Waals surface area contributed by atoms with Gasteiger partial charge in [0, 0.05) is 12.2 Å². The van der Waals surface area contributed by atoms with Gasteiger partial charge in [-0.1, -0.05) is 18.2 Å². The molecule has 2 heteroatoms. The fourth-order valence-electron chi connectivity index (χ4n) is 2.59. The Balaban J connectivity index is 2.13. The van der Waals surface area contributed by atoms with Crippen LogP contribution in [-0.2, 0) is 6.42 Å². The van der Waals surface area contributed by atoms with Gasteiger partial charge in [-0.25, -0.2) is 4.39 Å². The van der Waals surface area contributed by atoms with Crippen molar-refractivity contribution >= 4 is 5.69 Å². The average molecular weight is 241 g/mol. The zero-order valence-electron chi connectivity index (χ0n) is 10.5. The Labute approximate surface area is 107 Å². The standard InChI is InChI=1S/C16H16FN/c1-11-10-12(7-8-15(11)17)13-4-2-6-16-14(13)5-3-9-18-16/h2,4,6-8,10,18H,3,5,9H2,1H3. The molecule has 1 nitrogen and oxygen atoms in total. The molecule has 0 radical (unpaired) electrons. The Bertz CT molecular complexity index is 590. The van der Waals surface area contributed by atoms with Gasteiger partial charge in [-0.15, -0.1) is 0 Å². The van der Waals surface area contributed by atoms with Crippen LogP contribution in [0.1, 0.15) is 17.5 Å². The number of nitrogens with one attached hydrogen (secondary N) is 1. The first-order valence-corrected chi connectivity index (χ1v) is 6.38. The molecule has 2 aromatic rings. The third-order valence-electron chi connectivity index (χ3n) is 3.56. The van der Waals surface area contributed by atoms with Crippen molar-refractivity contribution in [2.45, 2.75) is 19.8 Å². The predicted octanol–water partition coefficient (Wildman–Crippen LogP) is 4.16. The molecule has 1 aliphatic rings. The molecular formula is C16H16FN. The third-order valence-corrected chi connectivity index (χ3v) is 3.56. The maximum Gasteiger partial charge on any atom is 0.126 e. The number of benzene rings is 2. The summed E-state index contributed by atoms with van der Waals surface area (Å²) >= 11 is 0. The number of rotatable bonds is 1. The van der Waals surface area contributed by atoms with Crippen LogP contribution in [0.3, 0.4) is 0 Å². The summed E-state index contributed by atoms with van der Waals surface area (Å²) in [6.07, 6.45) is 2.25. The fraction of sp³-hybridized carbons (Fsp3) is 0.250. The number of aryl methyl sites for hydroxylation is 1. The molecule has 0 amide bonds. The lowest BCUT2D eigenvalue weighted by molar-refractivity contribution is 0.619. The first kappa shape index (κ1) is 11.3. The Kier molecular flexibility index (Phi) is 2.78. The first-order chi connectivity index (χ1) is 8.75. The van der Waals surface area contributed by atoms with E-state index in [1.807, 2.05) is 19.1 Å². The topological polar surface area (TPSA) is 12.0 Å². The molecule has 3 rings (SSSR count). The molecule has 0 saturated carbocycles. The number of anilines is 1. The SMILES string of the molecule is Cc1cc(-c2cccc3c2CCCN3)ccc1F. The zero-order chi connectivity index (χ0) is 12.5. The van der Waals surface area contributed by atoms with E-state index >= 15 is 0 Å². The monoisotopic (exact) mass is 241 g/mol. The van der Waals surface area contributed by atoms with Crippen LogP contribution >= 0.6 is 0 Å². The van der Waals surface area contributed by atoms with Crippen LogP contribution in [0.25, 0.3) is 11.1 Å². The van der Waals surface area contributed by atoms with Crippen molar-refractivity contribution in [1.82, 2.24) is 0 Å². The summed E-state index contributed by atoms with van der Waals surface area (Å²) in [7, 11) is 0. The fourth-order valence-corrected chi connectivity index (χ4v) is 2.59. The Hall–Kier alpha value is -1.83. The van der Waals surface area contributed by atoms with Crippen LogP contribution in [0.5, 0.6) is 0 Å². The average Bonchev–Trinajstić information content (AvgIpc) is 2.41. The highest BCUT2D eigenvalue weighted by molar-refractivity contribution is 5.75. The van der Waals surface area contributed by atoms with Gasteiger partial charge in [0.15, 0.2) is 0 Å². The van der Waals surface area contributed by atoms with Crippen molar-refractivity contribution in [2.75, 3.05) is 11.9 Å². The number of fused-ring (bicyclic) bond motifs is 1. The van der Waals surface area contributed by atoms with Gasteiger partial charge in [0.25, 0.3) is 0 Å². The van der Waals surface area contributed by atoms with Gasteiger partial charge in [-0.3, -0.25) is 0 Å². The smallest absolute Gasteiger partial charge is 0.126 e. The molecule has 0 unspecified atom stereocenters. The van der Waals surface area contributed by atoms with Crippen LogP contribution in [-0.4, -0.2) is 6.54 Å². The molecule has 18 heavy (non-hydrogen) atoms. The van der Waals surface area contributed by atoms with E-state index in [1.165, 1.54) is 16.8 Å². The first-order valence-electron chi connectivity index (χ1n) is 6.38. The minimum absolute atomic E-state index is 0.137. The predicted molar refractivity (Wildman–Crippen MR) is 73.4 cm³/mol. The molecule has 0 fully saturated rings. The molecule has 0 saturated heterocycles. The minimum atomic E-state index is -0.137. The molecule has 0 aromatic heterocycles. The summed E-state index contributed by atoms with van der Waals surface area (Å²) < 4.78 is 13.3. The number of hydrogen-bond donors (Lipinski definition) is 1. The van der Waals surface area contributed by atoms with Crippen molar-refractivity contribution in [3.8, 4) is 11.1 Å². The van der Waals surface area contributed by atoms with Crippen molar-refractivity contribution < 1.29 is 4.39 Å². The minimum Gasteiger partial charge on any atom is -0.385 e. The van der Waals surface area contributed by atoms with Crippen molar-refractivity contribution in [2.24, 2.45) is 0 Å². The lowest BCUT2D eigenvalue weighted by atomic mass is 9.92. The zero-order valence-corrected chi connectivity index (χ0v) is 10.5. The van der Waals surface area contributed by atoms with E-state index in [-0.39, 0.29) is 5.82 Å². The molecule has 1 N–H and O–H groups in total. The highest BCUT2D eigenvalue weighted by Crippen LogP contribution is 2.33. The van der Waals surface area contributed by atoms with Crippen molar-refractivity contribution in [3.63, 3.8) is 0 Å². The van der Waals surface area contributed by atoms with Crippen LogP contribution in [0, 0.1) is 12.7 Å². The summed E-state index contributed by atoms with van der Waals surface area (Å²) in [6.45, 7) is 2.85. The van der Waals surface area contributed by atoms with Crippen LogP contribution < -0.4 is 5.32 Å². The molecule has 92 valence electrons. The van der Waals surface area contributed by atoms with Gasteiger partial charge in [0.05, 0.1) is 0 Å². The van der Waals surface area contributed by atoms with Crippen LogP contribution in [0.2, 0.25) is 0 Å². The molecule has 2 aromatic carbocycles. The van der Waals surface area contributed by atoms with Gasteiger partial charge in [0.2, 0.25) is 0 Å². The maximum absolute atomic E-state index is 13.3. The molecule has 0 aliphatic carbocycles. The van der Waals surface area contributed by atoms with Gasteiger partial charge < -0.3 is 5.32 Å². The number of halogens is 1. The van der Waals surface area contributed by atoms with Gasteiger partial charge in [-0.2, -0.15) is 0 Å². The summed E-state index contributed by atoms with van der Waals surface area (Å²) in [5.74, 6) is -0.137. The highest BCUT2D eigenvalue weighted by atomic mass is 19.1. The summed E-state index contributed by atoms with van der Waals surface area (Å²) in [5, 5.41) is 3.42. The van der Waals surface area contributed by atoms with E-state index in [2.05, 4.69) is 23.5 Å². The molecule has 0 spiro atoms. The van der Waals surface area contributed by atoms with Gasteiger partial charge in [0.1, 0.15) is 5.82 Å². The quantitative estimate of drug-likeness (QED) is 0.790. The second kappa shape index (κ2) is 4.45. The van der Waals surface area contributed by atoms with Crippen molar-refractivity contribution in [1.29, 1.82) is 0 Å². The van der Waals surface area contributed by atoms with E-state index in [0.29, 0.717) is 5.56 Å². The van der Waals surface area contributed by atoms with E-state index in [9.17, 15) is 4.39 Å². The van der Waals surface area contributed by atoms with Crippen LogP contribution in [0.4, 0.5) is 10.1 Å². The number of hydrogen-bond acceptors (Lipinski definition) is 1. The Morgan fingerprint density at radius 2 is 2.06 bits per heavy atom. The molecule has 0 bridgehead atoms.